The molecule has 1 amide bonds. The number of ether oxygens (including phenoxy) is 1. The van der Waals surface area contributed by atoms with E-state index in [1.807, 2.05) is 30.3 Å². The fourth-order valence-corrected chi connectivity index (χ4v) is 3.51. The van der Waals surface area contributed by atoms with Gasteiger partial charge in [-0.05, 0) is 59.2 Å². The van der Waals surface area contributed by atoms with Crippen LogP contribution in [-0.2, 0) is 4.79 Å². The highest BCUT2D eigenvalue weighted by Gasteiger charge is 2.33. The van der Waals surface area contributed by atoms with Crippen molar-refractivity contribution < 1.29 is 14.6 Å². The lowest BCUT2D eigenvalue weighted by Gasteiger charge is -2.14. The molecular weight excluding hydrogens is 400 g/mol. The van der Waals surface area contributed by atoms with Gasteiger partial charge in [0.15, 0.2) is 0 Å². The molecule has 0 spiro atoms. The first-order chi connectivity index (χ1) is 14.6. The molecule has 4 rings (SSSR count). The van der Waals surface area contributed by atoms with Gasteiger partial charge >= 0.3 is 0 Å². The number of nitrogens with zero attached hydrogens (tertiary/aromatic N) is 1. The van der Waals surface area contributed by atoms with E-state index in [1.165, 1.54) is 0 Å². The quantitative estimate of drug-likeness (QED) is 0.644. The third-order valence-electron chi connectivity index (χ3n) is 4.89. The smallest absolute Gasteiger partial charge is 0.255 e. The number of aliphatic hydroxyl groups excluding tert-OH is 1. The lowest BCUT2D eigenvalue weighted by molar-refractivity contribution is -0.117. The van der Waals surface area contributed by atoms with Gasteiger partial charge in [0.2, 0.25) is 0 Å². The first kappa shape index (κ1) is 19.9. The second-order valence-electron chi connectivity index (χ2n) is 6.76. The Hall–Kier alpha value is -3.41. The van der Waals surface area contributed by atoms with Crippen molar-refractivity contribution in [3.8, 4) is 5.75 Å². The summed E-state index contributed by atoms with van der Waals surface area (Å²) < 4.78 is 5.18. The average molecular weight is 419 g/mol. The average Bonchev–Trinajstić information content (AvgIpc) is 3.10. The topological polar surface area (TPSA) is 71.5 Å². The Balaban J connectivity index is 1.85. The van der Waals surface area contributed by atoms with Crippen LogP contribution in [0.3, 0.4) is 0 Å². The molecule has 6 heteroatoms. The predicted octanol–water partition coefficient (Wildman–Crippen LogP) is 4.40. The van der Waals surface area contributed by atoms with Gasteiger partial charge in [-0.2, -0.15) is 0 Å². The summed E-state index contributed by atoms with van der Waals surface area (Å²) >= 11 is 6.06. The van der Waals surface area contributed by atoms with E-state index in [2.05, 4.69) is 10.3 Å². The highest BCUT2D eigenvalue weighted by Crippen LogP contribution is 2.38. The zero-order chi connectivity index (χ0) is 21.1. The van der Waals surface area contributed by atoms with Crippen LogP contribution in [-0.4, -0.2) is 23.1 Å². The summed E-state index contributed by atoms with van der Waals surface area (Å²) in [6, 6.07) is 17.9. The van der Waals surface area contributed by atoms with Gasteiger partial charge in [-0.15, -0.1) is 0 Å². The number of amides is 1. The first-order valence-electron chi connectivity index (χ1n) is 9.32. The number of benzene rings is 2. The molecule has 150 valence electrons. The molecule has 0 bridgehead atoms. The van der Waals surface area contributed by atoms with Gasteiger partial charge in [0.25, 0.3) is 5.91 Å². The summed E-state index contributed by atoms with van der Waals surface area (Å²) in [4.78, 5) is 17.0. The van der Waals surface area contributed by atoms with Crippen LogP contribution in [0.2, 0.25) is 5.02 Å². The maximum atomic E-state index is 12.9. The van der Waals surface area contributed by atoms with Crippen molar-refractivity contribution in [3.05, 3.63) is 106 Å². The maximum absolute atomic E-state index is 12.9. The Kier molecular flexibility index (Phi) is 5.65. The first-order valence-corrected chi connectivity index (χ1v) is 9.70. The third kappa shape index (κ3) is 3.99. The van der Waals surface area contributed by atoms with Gasteiger partial charge in [0, 0.05) is 23.0 Å². The number of pyridine rings is 1. The van der Waals surface area contributed by atoms with E-state index in [4.69, 9.17) is 16.3 Å². The van der Waals surface area contributed by atoms with E-state index in [0.29, 0.717) is 27.6 Å². The van der Waals surface area contributed by atoms with E-state index in [9.17, 15) is 9.90 Å². The highest BCUT2D eigenvalue weighted by molar-refractivity contribution is 6.30. The molecule has 30 heavy (non-hydrogen) atoms. The Morgan fingerprint density at radius 3 is 2.33 bits per heavy atom. The molecule has 2 aromatic carbocycles. The summed E-state index contributed by atoms with van der Waals surface area (Å²) in [5.41, 5.74) is 3.78. The van der Waals surface area contributed by atoms with Crippen LogP contribution in [0.1, 0.15) is 22.8 Å². The van der Waals surface area contributed by atoms with Crippen molar-refractivity contribution in [2.45, 2.75) is 6.10 Å². The van der Waals surface area contributed by atoms with E-state index in [0.717, 1.165) is 11.1 Å². The molecule has 1 aliphatic rings. The SMILES string of the molecule is COc1ccc(C(O)C2=C(c3ccc(Cl)cc3)/C(=C/c3ccncc3)NC2=O)cc1. The number of hydrogen-bond acceptors (Lipinski definition) is 4. The van der Waals surface area contributed by atoms with Crippen molar-refractivity contribution in [1.29, 1.82) is 0 Å². The zero-order valence-electron chi connectivity index (χ0n) is 16.2. The second-order valence-corrected chi connectivity index (χ2v) is 7.20. The van der Waals surface area contributed by atoms with Crippen LogP contribution in [0.25, 0.3) is 11.6 Å². The third-order valence-corrected chi connectivity index (χ3v) is 5.14. The Labute approximate surface area is 179 Å². The van der Waals surface area contributed by atoms with Crippen molar-refractivity contribution in [3.63, 3.8) is 0 Å². The minimum Gasteiger partial charge on any atom is -0.497 e. The normalized spacial score (nSPS) is 16.0. The number of halogens is 1. The number of allylic oxidation sites excluding steroid dienone is 1. The second kappa shape index (κ2) is 8.53. The minimum absolute atomic E-state index is 0.280. The molecule has 0 fully saturated rings. The summed E-state index contributed by atoms with van der Waals surface area (Å²) in [6.07, 6.45) is 4.12. The van der Waals surface area contributed by atoms with Crippen LogP contribution >= 0.6 is 11.6 Å². The highest BCUT2D eigenvalue weighted by atomic mass is 35.5. The largest absolute Gasteiger partial charge is 0.497 e. The van der Waals surface area contributed by atoms with Crippen molar-refractivity contribution in [2.24, 2.45) is 0 Å². The van der Waals surface area contributed by atoms with Crippen LogP contribution in [0.15, 0.2) is 84.3 Å². The number of nitrogens with one attached hydrogen (secondary N) is 1. The molecule has 0 saturated heterocycles. The lowest BCUT2D eigenvalue weighted by atomic mass is 9.92. The van der Waals surface area contributed by atoms with Gasteiger partial charge in [-0.3, -0.25) is 9.78 Å². The molecule has 1 aromatic heterocycles. The van der Waals surface area contributed by atoms with E-state index >= 15 is 0 Å². The van der Waals surface area contributed by atoms with Gasteiger partial charge in [-0.1, -0.05) is 35.9 Å². The fourth-order valence-electron chi connectivity index (χ4n) is 3.39. The number of aliphatic hydroxyl groups is 1. The van der Waals surface area contributed by atoms with Gasteiger partial charge < -0.3 is 15.2 Å². The Bertz CT molecular complexity index is 1120. The number of methoxy groups -OCH3 is 1. The number of carbonyl (C=O) groups excluding carboxylic acids is 1. The standard InChI is InChI=1S/C24H19ClN2O3/c1-30-19-8-4-17(5-9-19)23(28)22-21(16-2-6-18(25)7-3-16)20(27-24(22)29)14-15-10-12-26-13-11-15/h2-14,23,28H,1H3,(H,27,29)/b20-14-. The maximum Gasteiger partial charge on any atom is 0.255 e. The number of hydrogen-bond donors (Lipinski definition) is 2. The summed E-state index contributed by atoms with van der Waals surface area (Å²) in [7, 11) is 1.58. The number of aromatic nitrogens is 1. The minimum atomic E-state index is -1.11. The molecular formula is C24H19ClN2O3. The monoisotopic (exact) mass is 418 g/mol. The molecule has 1 unspecified atom stereocenters. The van der Waals surface area contributed by atoms with Gasteiger partial charge in [0.1, 0.15) is 11.9 Å². The molecule has 2 N–H and O–H groups in total. The van der Waals surface area contributed by atoms with Crippen molar-refractivity contribution in [2.75, 3.05) is 7.11 Å². The van der Waals surface area contributed by atoms with Crippen LogP contribution in [0, 0.1) is 0 Å². The summed E-state index contributed by atoms with van der Waals surface area (Å²) in [6.45, 7) is 0. The Morgan fingerprint density at radius 2 is 1.70 bits per heavy atom. The summed E-state index contributed by atoms with van der Waals surface area (Å²) in [5, 5.41) is 14.6. The number of rotatable bonds is 5. The molecule has 3 aromatic rings. The van der Waals surface area contributed by atoms with Gasteiger partial charge in [0.05, 0.1) is 18.4 Å². The summed E-state index contributed by atoms with van der Waals surface area (Å²) in [5.74, 6) is 0.329. The zero-order valence-corrected chi connectivity index (χ0v) is 16.9. The van der Waals surface area contributed by atoms with Crippen LogP contribution < -0.4 is 10.1 Å². The lowest BCUT2D eigenvalue weighted by Crippen LogP contribution is -2.19. The number of carbonyl (C=O) groups is 1. The molecule has 0 saturated carbocycles. The molecule has 5 nitrogen and oxygen atoms in total. The van der Waals surface area contributed by atoms with Gasteiger partial charge in [-0.25, -0.2) is 0 Å². The van der Waals surface area contributed by atoms with Crippen molar-refractivity contribution >= 4 is 29.2 Å². The van der Waals surface area contributed by atoms with Crippen LogP contribution in [0.4, 0.5) is 0 Å². The van der Waals surface area contributed by atoms with E-state index < -0.39 is 6.10 Å². The predicted molar refractivity (Wildman–Crippen MR) is 117 cm³/mol. The molecule has 1 atom stereocenters. The molecule has 1 aliphatic heterocycles. The Morgan fingerprint density at radius 1 is 1.03 bits per heavy atom. The van der Waals surface area contributed by atoms with E-state index in [-0.39, 0.29) is 11.5 Å². The van der Waals surface area contributed by atoms with Crippen molar-refractivity contribution in [1.82, 2.24) is 10.3 Å². The molecule has 0 radical (unpaired) electrons. The fraction of sp³-hybridized carbons (Fsp3) is 0.0833. The molecule has 0 aliphatic carbocycles. The van der Waals surface area contributed by atoms with E-state index in [1.54, 1.807) is 55.9 Å². The molecule has 2 heterocycles. The van der Waals surface area contributed by atoms with Crippen LogP contribution in [0.5, 0.6) is 5.75 Å².